The van der Waals surface area contributed by atoms with Crippen LogP contribution >= 0.6 is 0 Å². The first kappa shape index (κ1) is 29.0. The predicted octanol–water partition coefficient (Wildman–Crippen LogP) is 9.57. The zero-order valence-corrected chi connectivity index (χ0v) is 25.8. The van der Waals surface area contributed by atoms with Crippen molar-refractivity contribution in [3.63, 3.8) is 0 Å². The number of fused-ring (bicyclic) bond motifs is 1. The van der Waals surface area contributed by atoms with Crippen LogP contribution in [0.1, 0.15) is 33.7 Å². The third-order valence-corrected chi connectivity index (χ3v) is 8.69. The molecule has 6 aromatic carbocycles. The highest BCUT2D eigenvalue weighted by atomic mass is 16.6. The fraction of sp³-hybridized carbons (Fsp3) is 0.0233. The second-order valence-corrected chi connectivity index (χ2v) is 11.6. The fourth-order valence-electron chi connectivity index (χ4n) is 6.47. The van der Waals surface area contributed by atoms with Crippen LogP contribution in [-0.4, -0.2) is 11.9 Å². The third kappa shape index (κ3) is 5.27. The summed E-state index contributed by atoms with van der Waals surface area (Å²) >= 11 is 0. The van der Waals surface area contributed by atoms with Crippen molar-refractivity contribution < 1.29 is 19.1 Å². The Bertz CT molecular complexity index is 1930. The van der Waals surface area contributed by atoms with Crippen molar-refractivity contribution in [2.24, 2.45) is 0 Å². The highest BCUT2D eigenvalue weighted by Crippen LogP contribution is 2.44. The average Bonchev–Trinajstić information content (AvgIpc) is 3.68. The van der Waals surface area contributed by atoms with Gasteiger partial charge in [0.25, 0.3) is 0 Å². The molecule has 0 aromatic heterocycles. The van der Waals surface area contributed by atoms with E-state index in [1.54, 1.807) is 0 Å². The molecule has 5 heteroatoms. The smallest absolute Gasteiger partial charge is 0.348 e. The summed E-state index contributed by atoms with van der Waals surface area (Å²) in [5.74, 6) is -0.761. The Kier molecular flexibility index (Phi) is 7.48. The minimum Gasteiger partial charge on any atom is -0.421 e. The van der Waals surface area contributed by atoms with Crippen molar-refractivity contribution in [1.29, 1.82) is 0 Å². The molecule has 230 valence electrons. The van der Waals surface area contributed by atoms with Crippen molar-refractivity contribution in [2.45, 2.75) is 5.92 Å². The fourth-order valence-corrected chi connectivity index (χ4v) is 6.47. The maximum atomic E-state index is 13.3. The molecule has 0 atom stereocenters. The summed E-state index contributed by atoms with van der Waals surface area (Å²) in [4.78, 5) is 28.7. The number of hydrogen-bond donors (Lipinski definition) is 0. The molecule has 0 bridgehead atoms. The Hall–Kier alpha value is -6.46. The highest BCUT2D eigenvalue weighted by molar-refractivity contribution is 6.24. The number of nitrogens with zero attached hydrogens (tertiary/aromatic N) is 1. The molecule has 48 heavy (non-hydrogen) atoms. The van der Waals surface area contributed by atoms with E-state index in [1.807, 2.05) is 146 Å². The zero-order valence-electron chi connectivity index (χ0n) is 25.8. The van der Waals surface area contributed by atoms with Gasteiger partial charge >= 0.3 is 11.9 Å². The number of rotatable bonds is 8. The molecule has 0 fully saturated rings. The highest BCUT2D eigenvalue weighted by Gasteiger charge is 2.45. The molecule has 2 aliphatic heterocycles. The van der Waals surface area contributed by atoms with Gasteiger partial charge in [-0.05, 0) is 65.2 Å². The summed E-state index contributed by atoms with van der Waals surface area (Å²) in [6.07, 6.45) is 0. The van der Waals surface area contributed by atoms with Gasteiger partial charge in [0, 0.05) is 34.1 Å². The maximum absolute atomic E-state index is 13.3. The number of esters is 2. The van der Waals surface area contributed by atoms with Gasteiger partial charge < -0.3 is 14.4 Å². The van der Waals surface area contributed by atoms with E-state index in [0.717, 1.165) is 22.6 Å². The molecule has 0 aliphatic carbocycles. The molecular weight excluding hydrogens is 594 g/mol. The van der Waals surface area contributed by atoms with Gasteiger partial charge in [-0.15, -0.1) is 0 Å². The normalized spacial score (nSPS) is 13.9. The molecule has 0 N–H and O–H groups in total. The van der Waals surface area contributed by atoms with E-state index in [-0.39, 0.29) is 28.6 Å². The van der Waals surface area contributed by atoms with E-state index in [0.29, 0.717) is 11.1 Å². The number of carbonyl (C=O) groups is 2. The third-order valence-electron chi connectivity index (χ3n) is 8.69. The Morgan fingerprint density at radius 1 is 0.375 bits per heavy atom. The minimum atomic E-state index is -0.601. The molecule has 0 spiro atoms. The standard InChI is InChI=1S/C43H29NO4/c45-42-38-39(41(48-42)33-25-27-36(28-26-33)44(34-17-9-3-10-18-34)35-19-11-4-12-20-35)43(46)47-40(38)32-23-21-31(22-24-32)37(29-13-5-1-6-14-29)30-15-7-2-8-16-30/h1-28,37H. The molecule has 0 saturated carbocycles. The van der Waals surface area contributed by atoms with Gasteiger partial charge in [0.1, 0.15) is 11.1 Å². The van der Waals surface area contributed by atoms with Crippen LogP contribution in [0.4, 0.5) is 17.1 Å². The molecular formula is C43H29NO4. The monoisotopic (exact) mass is 623 g/mol. The van der Waals surface area contributed by atoms with E-state index in [4.69, 9.17) is 9.47 Å². The summed E-state index contributed by atoms with van der Waals surface area (Å²) in [6.45, 7) is 0. The van der Waals surface area contributed by atoms with Crippen LogP contribution in [0.5, 0.6) is 0 Å². The summed E-state index contributed by atoms with van der Waals surface area (Å²) in [5.41, 5.74) is 7.90. The number of anilines is 3. The van der Waals surface area contributed by atoms with Crippen LogP contribution < -0.4 is 4.90 Å². The van der Waals surface area contributed by atoms with Crippen LogP contribution in [0, 0.1) is 0 Å². The second-order valence-electron chi connectivity index (χ2n) is 11.6. The van der Waals surface area contributed by atoms with Gasteiger partial charge in [0.05, 0.1) is 0 Å². The lowest BCUT2D eigenvalue weighted by molar-refractivity contribution is -0.131. The molecule has 0 unspecified atom stereocenters. The minimum absolute atomic E-state index is 0.0198. The van der Waals surface area contributed by atoms with E-state index < -0.39 is 11.9 Å². The van der Waals surface area contributed by atoms with Gasteiger partial charge in [0.2, 0.25) is 0 Å². The Balaban J connectivity index is 1.13. The maximum Gasteiger partial charge on any atom is 0.348 e. The van der Waals surface area contributed by atoms with Crippen molar-refractivity contribution in [2.75, 3.05) is 4.90 Å². The molecule has 0 saturated heterocycles. The number of para-hydroxylation sites is 2. The first-order valence-corrected chi connectivity index (χ1v) is 15.8. The van der Waals surface area contributed by atoms with Crippen molar-refractivity contribution in [3.8, 4) is 0 Å². The van der Waals surface area contributed by atoms with Crippen LogP contribution in [-0.2, 0) is 19.1 Å². The Morgan fingerprint density at radius 3 is 1.12 bits per heavy atom. The number of benzene rings is 6. The molecule has 2 heterocycles. The van der Waals surface area contributed by atoms with E-state index >= 15 is 0 Å². The topological polar surface area (TPSA) is 55.8 Å². The summed E-state index contributed by atoms with van der Waals surface area (Å²) in [6, 6.07) is 56.3. The lowest BCUT2D eigenvalue weighted by Gasteiger charge is -2.25. The number of ether oxygens (including phenoxy) is 2. The SMILES string of the molecule is O=C1OC(c2ccc(N(c3ccccc3)c3ccccc3)cc2)=C2C(=O)OC(c3ccc(C(c4ccccc4)c4ccccc4)cc3)=C12. The van der Waals surface area contributed by atoms with Crippen LogP contribution in [0.2, 0.25) is 0 Å². The van der Waals surface area contributed by atoms with Crippen LogP contribution in [0.25, 0.3) is 11.5 Å². The molecule has 8 rings (SSSR count). The Morgan fingerprint density at radius 2 is 0.708 bits per heavy atom. The van der Waals surface area contributed by atoms with Crippen LogP contribution in [0.3, 0.4) is 0 Å². The first-order chi connectivity index (χ1) is 23.7. The lowest BCUT2D eigenvalue weighted by atomic mass is 9.85. The zero-order chi connectivity index (χ0) is 32.5. The van der Waals surface area contributed by atoms with Gasteiger partial charge in [-0.3, -0.25) is 0 Å². The molecule has 5 nitrogen and oxygen atoms in total. The van der Waals surface area contributed by atoms with Gasteiger partial charge in [-0.25, -0.2) is 9.59 Å². The largest absolute Gasteiger partial charge is 0.421 e. The molecule has 0 radical (unpaired) electrons. The second kappa shape index (κ2) is 12.4. The van der Waals surface area contributed by atoms with E-state index in [9.17, 15) is 9.59 Å². The van der Waals surface area contributed by atoms with Gasteiger partial charge in [-0.2, -0.15) is 0 Å². The van der Waals surface area contributed by atoms with Crippen LogP contribution in [0.15, 0.2) is 181 Å². The van der Waals surface area contributed by atoms with Gasteiger partial charge in [0.15, 0.2) is 11.5 Å². The van der Waals surface area contributed by atoms with Crippen molar-refractivity contribution in [3.05, 3.63) is 209 Å². The molecule has 2 aliphatic rings. The predicted molar refractivity (Wildman–Crippen MR) is 187 cm³/mol. The average molecular weight is 624 g/mol. The van der Waals surface area contributed by atoms with E-state index in [1.165, 1.54) is 11.1 Å². The first-order valence-electron chi connectivity index (χ1n) is 15.8. The van der Waals surface area contributed by atoms with Crippen molar-refractivity contribution >= 4 is 40.5 Å². The van der Waals surface area contributed by atoms with Gasteiger partial charge in [-0.1, -0.05) is 121 Å². The summed E-state index contributed by atoms with van der Waals surface area (Å²) in [5, 5.41) is 0. The summed E-state index contributed by atoms with van der Waals surface area (Å²) in [7, 11) is 0. The molecule has 6 aromatic rings. The lowest BCUT2D eigenvalue weighted by Crippen LogP contribution is -2.09. The number of carbonyl (C=O) groups excluding carboxylic acids is 2. The van der Waals surface area contributed by atoms with Crippen molar-refractivity contribution in [1.82, 2.24) is 0 Å². The quantitative estimate of drug-likeness (QED) is 0.125. The number of cyclic esters (lactones) is 2. The number of hydrogen-bond acceptors (Lipinski definition) is 5. The molecule has 0 amide bonds. The summed E-state index contributed by atoms with van der Waals surface area (Å²) < 4.78 is 11.5. The Labute approximate surface area is 278 Å². The van der Waals surface area contributed by atoms with E-state index in [2.05, 4.69) is 29.2 Å².